The fourth-order valence-electron chi connectivity index (χ4n) is 9.27. The molecule has 3 nitrogen and oxygen atoms in total. The summed E-state index contributed by atoms with van der Waals surface area (Å²) in [5.41, 5.74) is 13.2. The van der Waals surface area contributed by atoms with Gasteiger partial charge in [0.05, 0.1) is 38.8 Å². The molecule has 12 rings (SSSR count). The predicted molar refractivity (Wildman–Crippen MR) is 232 cm³/mol. The van der Waals surface area contributed by atoms with Gasteiger partial charge in [0.25, 0.3) is 0 Å². The lowest BCUT2D eigenvalue weighted by Crippen LogP contribution is -1.95. The standard InChI is InChI=1S/C52H33N3/c1-3-16-37(17-4-1)53-45-23-11-9-21-40(45)42-32-35(26-28-47(42)53)36-27-29-48-43(33-36)52-50(55(48)44-25-13-15-34-14-7-8-20-39(34)44)31-30-49-51(52)41-22-10-12-24-46(41)54(49)38-18-5-2-6-19-38/h1-33H. The summed E-state index contributed by atoms with van der Waals surface area (Å²) in [7, 11) is 0. The molecule has 256 valence electrons. The lowest BCUT2D eigenvalue weighted by Gasteiger charge is -2.12. The summed E-state index contributed by atoms with van der Waals surface area (Å²) in [4.78, 5) is 0. The van der Waals surface area contributed by atoms with Crippen LogP contribution >= 0.6 is 0 Å². The molecule has 0 bridgehead atoms. The van der Waals surface area contributed by atoms with Crippen molar-refractivity contribution in [2.45, 2.75) is 0 Å². The third-order valence-electron chi connectivity index (χ3n) is 11.6. The van der Waals surface area contributed by atoms with Crippen LogP contribution in [0.2, 0.25) is 0 Å². The third-order valence-corrected chi connectivity index (χ3v) is 11.6. The first-order valence-electron chi connectivity index (χ1n) is 18.9. The molecule has 0 saturated carbocycles. The second-order valence-electron chi connectivity index (χ2n) is 14.5. The molecule has 3 aromatic heterocycles. The van der Waals surface area contributed by atoms with E-state index in [9.17, 15) is 0 Å². The highest BCUT2D eigenvalue weighted by atomic mass is 15.0. The lowest BCUT2D eigenvalue weighted by molar-refractivity contribution is 1.18. The number of aromatic nitrogens is 3. The molecule has 9 aromatic carbocycles. The van der Waals surface area contributed by atoms with Crippen molar-refractivity contribution in [1.82, 2.24) is 13.7 Å². The quantitative estimate of drug-likeness (QED) is 0.174. The van der Waals surface area contributed by atoms with E-state index in [1.165, 1.54) is 98.7 Å². The Morgan fingerprint density at radius 3 is 1.42 bits per heavy atom. The van der Waals surface area contributed by atoms with Crippen LogP contribution in [0, 0.1) is 0 Å². The van der Waals surface area contributed by atoms with Crippen LogP contribution < -0.4 is 0 Å². The van der Waals surface area contributed by atoms with Gasteiger partial charge in [-0.25, -0.2) is 0 Å². The van der Waals surface area contributed by atoms with Crippen LogP contribution in [0.25, 0.3) is 104 Å². The molecule has 0 fully saturated rings. The van der Waals surface area contributed by atoms with Gasteiger partial charge in [0.1, 0.15) is 0 Å². The normalized spacial score (nSPS) is 12.0. The minimum Gasteiger partial charge on any atom is -0.309 e. The van der Waals surface area contributed by atoms with Gasteiger partial charge in [-0.15, -0.1) is 0 Å². The Bertz CT molecular complexity index is 3470. The van der Waals surface area contributed by atoms with Crippen molar-refractivity contribution in [3.8, 4) is 28.2 Å². The largest absolute Gasteiger partial charge is 0.309 e. The molecule has 3 heteroatoms. The number of hydrogen-bond donors (Lipinski definition) is 0. The number of fused-ring (bicyclic) bond motifs is 11. The molecular formula is C52H33N3. The van der Waals surface area contributed by atoms with E-state index in [2.05, 4.69) is 214 Å². The Morgan fingerprint density at radius 2 is 0.709 bits per heavy atom. The minimum atomic E-state index is 1.16. The van der Waals surface area contributed by atoms with Crippen LogP contribution in [0.4, 0.5) is 0 Å². The molecule has 0 saturated heterocycles. The van der Waals surface area contributed by atoms with E-state index in [0.29, 0.717) is 0 Å². The molecule has 55 heavy (non-hydrogen) atoms. The van der Waals surface area contributed by atoms with Gasteiger partial charge < -0.3 is 13.7 Å². The number of hydrogen-bond acceptors (Lipinski definition) is 0. The molecule has 0 radical (unpaired) electrons. The second-order valence-corrected chi connectivity index (χ2v) is 14.5. The van der Waals surface area contributed by atoms with E-state index in [1.807, 2.05) is 0 Å². The van der Waals surface area contributed by atoms with Crippen molar-refractivity contribution in [3.05, 3.63) is 200 Å². The van der Waals surface area contributed by atoms with Gasteiger partial charge in [0, 0.05) is 49.1 Å². The van der Waals surface area contributed by atoms with Gasteiger partial charge >= 0.3 is 0 Å². The highest BCUT2D eigenvalue weighted by Gasteiger charge is 2.22. The monoisotopic (exact) mass is 699 g/mol. The molecule has 3 heterocycles. The third kappa shape index (κ3) is 4.32. The highest BCUT2D eigenvalue weighted by Crippen LogP contribution is 2.44. The Labute approximate surface area is 317 Å². The van der Waals surface area contributed by atoms with Gasteiger partial charge in [-0.2, -0.15) is 0 Å². The molecule has 0 aliphatic carbocycles. The summed E-state index contributed by atoms with van der Waals surface area (Å²) in [6.45, 7) is 0. The summed E-state index contributed by atoms with van der Waals surface area (Å²) in [6.07, 6.45) is 0. The first kappa shape index (κ1) is 30.1. The number of rotatable bonds is 4. The Balaban J connectivity index is 1.19. The van der Waals surface area contributed by atoms with E-state index in [0.717, 1.165) is 5.69 Å². The van der Waals surface area contributed by atoms with E-state index in [4.69, 9.17) is 0 Å². The molecule has 0 N–H and O–H groups in total. The van der Waals surface area contributed by atoms with Crippen LogP contribution in [0.15, 0.2) is 200 Å². The van der Waals surface area contributed by atoms with Crippen molar-refractivity contribution in [2.24, 2.45) is 0 Å². The van der Waals surface area contributed by atoms with E-state index >= 15 is 0 Å². The van der Waals surface area contributed by atoms with Gasteiger partial charge in [-0.3, -0.25) is 0 Å². The summed E-state index contributed by atoms with van der Waals surface area (Å²) >= 11 is 0. The Morgan fingerprint density at radius 1 is 0.255 bits per heavy atom. The maximum absolute atomic E-state index is 2.49. The SMILES string of the molecule is c1ccc(-n2c3ccccc3c3cc(-c4ccc5c(c4)c4c6c7ccccc7n(-c7ccccc7)c6ccc4n5-c4cccc5ccccc45)ccc32)cc1. The van der Waals surface area contributed by atoms with Crippen LogP contribution in [-0.4, -0.2) is 13.7 Å². The maximum atomic E-state index is 2.49. The molecule has 0 aliphatic rings. The zero-order chi connectivity index (χ0) is 36.0. The van der Waals surface area contributed by atoms with Crippen LogP contribution in [-0.2, 0) is 0 Å². The van der Waals surface area contributed by atoms with Crippen molar-refractivity contribution in [1.29, 1.82) is 0 Å². The molecule has 12 aromatic rings. The van der Waals surface area contributed by atoms with E-state index < -0.39 is 0 Å². The van der Waals surface area contributed by atoms with Crippen molar-refractivity contribution in [2.75, 3.05) is 0 Å². The summed E-state index contributed by atoms with van der Waals surface area (Å²) in [6, 6.07) is 73.2. The van der Waals surface area contributed by atoms with Crippen LogP contribution in [0.3, 0.4) is 0 Å². The molecular weight excluding hydrogens is 667 g/mol. The van der Waals surface area contributed by atoms with Gasteiger partial charge in [0.15, 0.2) is 0 Å². The lowest BCUT2D eigenvalue weighted by atomic mass is 9.99. The smallest absolute Gasteiger partial charge is 0.0549 e. The summed E-state index contributed by atoms with van der Waals surface area (Å²) < 4.78 is 7.29. The highest BCUT2D eigenvalue weighted by molar-refractivity contribution is 6.29. The number of nitrogens with zero attached hydrogens (tertiary/aromatic N) is 3. The maximum Gasteiger partial charge on any atom is 0.0549 e. The van der Waals surface area contributed by atoms with Crippen molar-refractivity contribution >= 4 is 76.2 Å². The Hall–Kier alpha value is -7.36. The minimum absolute atomic E-state index is 1.16. The van der Waals surface area contributed by atoms with Gasteiger partial charge in [-0.1, -0.05) is 121 Å². The van der Waals surface area contributed by atoms with Crippen LogP contribution in [0.5, 0.6) is 0 Å². The zero-order valence-electron chi connectivity index (χ0n) is 29.9. The number of para-hydroxylation sites is 4. The zero-order valence-corrected chi connectivity index (χ0v) is 29.9. The van der Waals surface area contributed by atoms with Gasteiger partial charge in [-0.05, 0) is 95.4 Å². The average Bonchev–Trinajstić information content (AvgIpc) is 3.89. The molecule has 0 spiro atoms. The summed E-state index contributed by atoms with van der Waals surface area (Å²) in [5.74, 6) is 0. The summed E-state index contributed by atoms with van der Waals surface area (Å²) in [5, 5.41) is 10.0. The van der Waals surface area contributed by atoms with E-state index in [1.54, 1.807) is 0 Å². The topological polar surface area (TPSA) is 14.8 Å². The molecule has 0 unspecified atom stereocenters. The first-order chi connectivity index (χ1) is 27.3. The Kier molecular flexibility index (Phi) is 6.34. The number of benzene rings is 9. The van der Waals surface area contributed by atoms with Crippen molar-refractivity contribution < 1.29 is 0 Å². The average molecular weight is 700 g/mol. The van der Waals surface area contributed by atoms with E-state index in [-0.39, 0.29) is 0 Å². The fraction of sp³-hybridized carbons (Fsp3) is 0. The molecule has 0 amide bonds. The molecule has 0 atom stereocenters. The second kappa shape index (κ2) is 11.6. The fourth-order valence-corrected chi connectivity index (χ4v) is 9.27. The molecule has 0 aliphatic heterocycles. The predicted octanol–water partition coefficient (Wildman–Crippen LogP) is 13.8. The first-order valence-corrected chi connectivity index (χ1v) is 18.9. The van der Waals surface area contributed by atoms with Gasteiger partial charge in [0.2, 0.25) is 0 Å². The van der Waals surface area contributed by atoms with Crippen molar-refractivity contribution in [3.63, 3.8) is 0 Å². The van der Waals surface area contributed by atoms with Crippen LogP contribution in [0.1, 0.15) is 0 Å².